The van der Waals surface area contributed by atoms with Gasteiger partial charge in [0, 0.05) is 25.4 Å². The Balaban J connectivity index is 1.50. The normalized spacial score (nSPS) is 11.0. The van der Waals surface area contributed by atoms with Gasteiger partial charge in [-0.2, -0.15) is 5.10 Å². The Morgan fingerprint density at radius 1 is 0.913 bits per heavy atom. The highest BCUT2D eigenvalue weighted by molar-refractivity contribution is 5.15. The Hall–Kier alpha value is -2.53. The molecule has 23 heavy (non-hydrogen) atoms. The standard InChI is InChI=1S/C18H21N5/c1-23(13-16-9-11-19-12-10-16)14-18-20-17(21-22-18)8-7-15-5-3-2-4-6-15/h2-6,9-12H,7-8,13-14H2,1H3,(H,20,21,22). The van der Waals surface area contributed by atoms with Gasteiger partial charge in [-0.3, -0.25) is 15.0 Å². The summed E-state index contributed by atoms with van der Waals surface area (Å²) < 4.78 is 0. The highest BCUT2D eigenvalue weighted by atomic mass is 15.2. The van der Waals surface area contributed by atoms with Gasteiger partial charge in [-0.15, -0.1) is 0 Å². The zero-order valence-electron chi connectivity index (χ0n) is 13.3. The maximum atomic E-state index is 4.59. The van der Waals surface area contributed by atoms with Crippen molar-refractivity contribution in [1.82, 2.24) is 25.1 Å². The van der Waals surface area contributed by atoms with Crippen molar-refractivity contribution in [3.05, 3.63) is 77.6 Å². The van der Waals surface area contributed by atoms with Gasteiger partial charge in [0.25, 0.3) is 0 Å². The molecule has 2 aromatic heterocycles. The van der Waals surface area contributed by atoms with Crippen LogP contribution in [0.2, 0.25) is 0 Å². The summed E-state index contributed by atoms with van der Waals surface area (Å²) in [4.78, 5) is 10.8. The zero-order chi connectivity index (χ0) is 15.9. The highest BCUT2D eigenvalue weighted by Gasteiger charge is 2.07. The molecule has 0 unspecified atom stereocenters. The minimum atomic E-state index is 0.751. The molecule has 1 aromatic carbocycles. The lowest BCUT2D eigenvalue weighted by atomic mass is 10.1. The van der Waals surface area contributed by atoms with Crippen LogP contribution >= 0.6 is 0 Å². The van der Waals surface area contributed by atoms with Gasteiger partial charge < -0.3 is 0 Å². The fourth-order valence-electron chi connectivity index (χ4n) is 2.53. The van der Waals surface area contributed by atoms with Gasteiger partial charge in [-0.25, -0.2) is 4.98 Å². The van der Waals surface area contributed by atoms with E-state index in [9.17, 15) is 0 Å². The summed E-state index contributed by atoms with van der Waals surface area (Å²) in [7, 11) is 2.08. The summed E-state index contributed by atoms with van der Waals surface area (Å²) in [6, 6.07) is 14.5. The van der Waals surface area contributed by atoms with E-state index in [0.29, 0.717) is 0 Å². The number of rotatable bonds is 7. The van der Waals surface area contributed by atoms with Crippen LogP contribution in [-0.4, -0.2) is 32.1 Å². The van der Waals surface area contributed by atoms with Crippen LogP contribution in [-0.2, 0) is 25.9 Å². The van der Waals surface area contributed by atoms with Crippen molar-refractivity contribution in [2.24, 2.45) is 0 Å². The first-order chi connectivity index (χ1) is 11.3. The van der Waals surface area contributed by atoms with E-state index in [1.807, 2.05) is 30.6 Å². The van der Waals surface area contributed by atoms with E-state index in [1.165, 1.54) is 11.1 Å². The van der Waals surface area contributed by atoms with Crippen LogP contribution in [0, 0.1) is 0 Å². The van der Waals surface area contributed by atoms with Crippen LogP contribution in [0.3, 0.4) is 0 Å². The lowest BCUT2D eigenvalue weighted by molar-refractivity contribution is 0.311. The molecule has 0 aliphatic heterocycles. The Bertz CT molecular complexity index is 709. The van der Waals surface area contributed by atoms with Crippen molar-refractivity contribution in [2.45, 2.75) is 25.9 Å². The molecule has 0 spiro atoms. The lowest BCUT2D eigenvalue weighted by Crippen LogP contribution is -2.18. The molecule has 2 heterocycles. The number of nitrogens with zero attached hydrogens (tertiary/aromatic N) is 4. The van der Waals surface area contributed by atoms with E-state index in [0.717, 1.165) is 37.6 Å². The molecule has 5 heteroatoms. The number of benzene rings is 1. The van der Waals surface area contributed by atoms with Gasteiger partial charge in [-0.05, 0) is 36.7 Å². The van der Waals surface area contributed by atoms with Gasteiger partial charge in [-0.1, -0.05) is 30.3 Å². The molecular weight excluding hydrogens is 286 g/mol. The maximum absolute atomic E-state index is 4.59. The van der Waals surface area contributed by atoms with Gasteiger partial charge in [0.2, 0.25) is 0 Å². The SMILES string of the molecule is CN(Cc1ccncc1)Cc1nc(CCc2ccccc2)n[nH]1. The summed E-state index contributed by atoms with van der Waals surface area (Å²) in [5.41, 5.74) is 2.56. The first-order valence-electron chi connectivity index (χ1n) is 7.81. The number of pyridine rings is 1. The van der Waals surface area contributed by atoms with Crippen molar-refractivity contribution in [3.63, 3.8) is 0 Å². The molecule has 0 aliphatic carbocycles. The quantitative estimate of drug-likeness (QED) is 0.729. The summed E-state index contributed by atoms with van der Waals surface area (Å²) in [5, 5.41) is 7.36. The molecule has 118 valence electrons. The van der Waals surface area contributed by atoms with Crippen molar-refractivity contribution < 1.29 is 0 Å². The fourth-order valence-corrected chi connectivity index (χ4v) is 2.53. The van der Waals surface area contributed by atoms with E-state index in [2.05, 4.69) is 56.4 Å². The van der Waals surface area contributed by atoms with Gasteiger partial charge in [0.15, 0.2) is 5.82 Å². The monoisotopic (exact) mass is 307 g/mol. The third-order valence-electron chi connectivity index (χ3n) is 3.68. The average Bonchev–Trinajstić information content (AvgIpc) is 3.02. The van der Waals surface area contributed by atoms with Crippen LogP contribution in [0.5, 0.6) is 0 Å². The molecule has 3 aromatic rings. The molecule has 0 bridgehead atoms. The van der Waals surface area contributed by atoms with E-state index >= 15 is 0 Å². The summed E-state index contributed by atoms with van der Waals surface area (Å²) in [5.74, 6) is 1.78. The van der Waals surface area contributed by atoms with E-state index in [-0.39, 0.29) is 0 Å². The molecule has 0 amide bonds. The van der Waals surface area contributed by atoms with Crippen LogP contribution in [0.25, 0.3) is 0 Å². The summed E-state index contributed by atoms with van der Waals surface area (Å²) in [6.45, 7) is 1.61. The third-order valence-corrected chi connectivity index (χ3v) is 3.68. The summed E-state index contributed by atoms with van der Waals surface area (Å²) in [6.07, 6.45) is 5.46. The molecule has 3 rings (SSSR count). The van der Waals surface area contributed by atoms with Crippen LogP contribution < -0.4 is 0 Å². The van der Waals surface area contributed by atoms with Crippen LogP contribution in [0.15, 0.2) is 54.9 Å². The second-order valence-corrected chi connectivity index (χ2v) is 5.71. The van der Waals surface area contributed by atoms with Crippen LogP contribution in [0.4, 0.5) is 0 Å². The second kappa shape index (κ2) is 7.65. The molecule has 0 atom stereocenters. The number of aromatic amines is 1. The van der Waals surface area contributed by atoms with Crippen LogP contribution in [0.1, 0.15) is 22.8 Å². The molecule has 0 fully saturated rings. The summed E-state index contributed by atoms with van der Waals surface area (Å²) >= 11 is 0. The first-order valence-corrected chi connectivity index (χ1v) is 7.81. The molecular formula is C18H21N5. The fraction of sp³-hybridized carbons (Fsp3) is 0.278. The highest BCUT2D eigenvalue weighted by Crippen LogP contribution is 2.07. The predicted octanol–water partition coefficient (Wildman–Crippen LogP) is 2.62. The number of nitrogens with one attached hydrogen (secondary N) is 1. The Labute approximate surface area is 136 Å². The largest absolute Gasteiger partial charge is 0.295 e. The van der Waals surface area contributed by atoms with Gasteiger partial charge >= 0.3 is 0 Å². The smallest absolute Gasteiger partial charge is 0.151 e. The molecule has 5 nitrogen and oxygen atoms in total. The predicted molar refractivity (Wildman–Crippen MR) is 89.6 cm³/mol. The minimum Gasteiger partial charge on any atom is -0.295 e. The van der Waals surface area contributed by atoms with E-state index in [4.69, 9.17) is 0 Å². The topological polar surface area (TPSA) is 57.7 Å². The maximum Gasteiger partial charge on any atom is 0.151 e. The first kappa shape index (κ1) is 15.4. The molecule has 0 saturated heterocycles. The Morgan fingerprint density at radius 3 is 2.48 bits per heavy atom. The number of hydrogen-bond acceptors (Lipinski definition) is 4. The van der Waals surface area contributed by atoms with Crippen molar-refractivity contribution >= 4 is 0 Å². The van der Waals surface area contributed by atoms with E-state index in [1.54, 1.807) is 0 Å². The number of aromatic nitrogens is 4. The molecule has 0 saturated carbocycles. The second-order valence-electron chi connectivity index (χ2n) is 5.71. The molecule has 0 radical (unpaired) electrons. The number of H-pyrrole nitrogens is 1. The van der Waals surface area contributed by atoms with Crippen molar-refractivity contribution in [1.29, 1.82) is 0 Å². The third kappa shape index (κ3) is 4.72. The zero-order valence-corrected chi connectivity index (χ0v) is 13.3. The lowest BCUT2D eigenvalue weighted by Gasteiger charge is -2.14. The average molecular weight is 307 g/mol. The minimum absolute atomic E-state index is 0.751. The Kier molecular flexibility index (Phi) is 5.11. The Morgan fingerprint density at radius 2 is 1.70 bits per heavy atom. The molecule has 1 N–H and O–H groups in total. The van der Waals surface area contributed by atoms with Gasteiger partial charge in [0.05, 0.1) is 6.54 Å². The van der Waals surface area contributed by atoms with Crippen molar-refractivity contribution in [2.75, 3.05) is 7.05 Å². The van der Waals surface area contributed by atoms with Gasteiger partial charge in [0.1, 0.15) is 5.82 Å². The number of hydrogen-bond donors (Lipinski definition) is 1. The van der Waals surface area contributed by atoms with Crippen molar-refractivity contribution in [3.8, 4) is 0 Å². The molecule has 0 aliphatic rings. The number of aryl methyl sites for hydroxylation is 2. The van der Waals surface area contributed by atoms with E-state index < -0.39 is 0 Å².